The first kappa shape index (κ1) is 18.8. The van der Waals surface area contributed by atoms with Crippen LogP contribution in [0.5, 0.6) is 0 Å². The summed E-state index contributed by atoms with van der Waals surface area (Å²) in [4.78, 5) is 11.4. The van der Waals surface area contributed by atoms with Gasteiger partial charge in [0.15, 0.2) is 6.04 Å². The number of methoxy groups -OCH3 is 1. The van der Waals surface area contributed by atoms with E-state index in [1.807, 2.05) is 0 Å². The number of benzene rings is 1. The second-order valence-electron chi connectivity index (χ2n) is 5.60. The first-order valence-electron chi connectivity index (χ1n) is 6.40. The Bertz CT molecular complexity index is 534. The van der Waals surface area contributed by atoms with E-state index in [1.165, 1.54) is 12.1 Å². The van der Waals surface area contributed by atoms with Gasteiger partial charge >= 0.3 is 11.9 Å². The predicted octanol–water partition coefficient (Wildman–Crippen LogP) is 2.73. The van der Waals surface area contributed by atoms with Crippen molar-refractivity contribution in [1.29, 1.82) is 0 Å². The molecule has 0 aliphatic rings. The molecule has 0 saturated carbocycles. The number of esters is 1. The van der Waals surface area contributed by atoms with Crippen molar-refractivity contribution in [2.24, 2.45) is 0 Å². The molecule has 22 heavy (non-hydrogen) atoms. The maximum Gasteiger partial charge on any atom is 0.379 e. The van der Waals surface area contributed by atoms with Gasteiger partial charge in [-0.15, -0.1) is 4.72 Å². The van der Waals surface area contributed by atoms with Crippen molar-refractivity contribution >= 4 is 17.3 Å². The zero-order valence-corrected chi connectivity index (χ0v) is 13.5. The van der Waals surface area contributed by atoms with Crippen molar-refractivity contribution in [2.75, 3.05) is 7.11 Å². The fourth-order valence-corrected chi connectivity index (χ4v) is 2.43. The molecule has 8 heteroatoms. The third-order valence-corrected chi connectivity index (χ3v) is 4.35. The van der Waals surface area contributed by atoms with Crippen molar-refractivity contribution in [1.82, 2.24) is 4.72 Å². The van der Waals surface area contributed by atoms with E-state index < -0.39 is 39.9 Å². The molecule has 0 aliphatic heterocycles. The van der Waals surface area contributed by atoms with Gasteiger partial charge in [-0.25, -0.2) is 9.18 Å². The molecule has 124 valence electrons. The molecule has 0 spiro atoms. The van der Waals surface area contributed by atoms with E-state index in [0.29, 0.717) is 0 Å². The number of carbonyl (C=O) groups excluding carboxylic acids is 1. The van der Waals surface area contributed by atoms with Crippen LogP contribution in [0, 0.1) is 5.82 Å². The largest absolute Gasteiger partial charge is 0.598 e. The summed E-state index contributed by atoms with van der Waals surface area (Å²) in [6.45, 7) is 4.74. The smallest absolute Gasteiger partial charge is 0.379 e. The number of halogens is 3. The standard InChI is InChI=1S/C14H18F3NO3S/c1-13(2,3)22(20)18-11(14(16,17)12(19)21-4)9-6-5-7-10(15)8-9/h5-8,11,18H,1-4H3/t11-,22-/m0/s1. The quantitative estimate of drug-likeness (QED) is 0.663. The van der Waals surface area contributed by atoms with Gasteiger partial charge in [-0.05, 0) is 38.5 Å². The van der Waals surface area contributed by atoms with E-state index in [9.17, 15) is 22.5 Å². The highest BCUT2D eigenvalue weighted by atomic mass is 32.2. The molecule has 2 atom stereocenters. The van der Waals surface area contributed by atoms with E-state index in [2.05, 4.69) is 9.46 Å². The summed E-state index contributed by atoms with van der Waals surface area (Å²) in [5, 5.41) is 0. The Kier molecular flexibility index (Phi) is 5.89. The molecular formula is C14H18F3NO3S. The van der Waals surface area contributed by atoms with Crippen LogP contribution in [0.2, 0.25) is 0 Å². The summed E-state index contributed by atoms with van der Waals surface area (Å²) in [6.07, 6.45) is 0. The summed E-state index contributed by atoms with van der Waals surface area (Å²) in [5.74, 6) is -6.55. The van der Waals surface area contributed by atoms with Crippen LogP contribution in [0.1, 0.15) is 32.4 Å². The minimum Gasteiger partial charge on any atom is -0.598 e. The van der Waals surface area contributed by atoms with Crippen molar-refractivity contribution in [2.45, 2.75) is 37.5 Å². The lowest BCUT2D eigenvalue weighted by molar-refractivity contribution is -0.172. The average molecular weight is 337 g/mol. The molecule has 0 bridgehead atoms. The third-order valence-electron chi connectivity index (χ3n) is 2.78. The molecule has 1 aromatic rings. The molecule has 0 radical (unpaired) electrons. The van der Waals surface area contributed by atoms with Gasteiger partial charge in [-0.3, -0.25) is 0 Å². The number of hydrogen-bond donors (Lipinski definition) is 1. The van der Waals surface area contributed by atoms with Crippen molar-refractivity contribution in [3.8, 4) is 0 Å². The lowest BCUT2D eigenvalue weighted by Crippen LogP contribution is -2.50. The molecule has 1 rings (SSSR count). The second-order valence-corrected chi connectivity index (χ2v) is 7.60. The fraction of sp³-hybridized carbons (Fsp3) is 0.500. The first-order valence-corrected chi connectivity index (χ1v) is 7.55. The van der Waals surface area contributed by atoms with Crippen LogP contribution in [0.4, 0.5) is 13.2 Å². The minimum absolute atomic E-state index is 0.201. The van der Waals surface area contributed by atoms with Gasteiger partial charge in [-0.2, -0.15) is 8.78 Å². The highest BCUT2D eigenvalue weighted by Crippen LogP contribution is 2.34. The summed E-state index contributed by atoms with van der Waals surface area (Å²) in [6, 6.07) is 2.41. The Balaban J connectivity index is 3.24. The number of carbonyl (C=O) groups is 1. The maximum absolute atomic E-state index is 14.3. The van der Waals surface area contributed by atoms with Gasteiger partial charge < -0.3 is 9.29 Å². The van der Waals surface area contributed by atoms with Gasteiger partial charge in [0.2, 0.25) is 0 Å². The van der Waals surface area contributed by atoms with Gasteiger partial charge in [-0.1, -0.05) is 12.1 Å². The Hall–Kier alpha value is -1.25. The van der Waals surface area contributed by atoms with E-state index in [-0.39, 0.29) is 5.56 Å². The SMILES string of the molecule is COC(=O)C(F)(F)[C@@H](N[S@@+]([O-])C(C)(C)C)c1cccc(F)c1. The predicted molar refractivity (Wildman–Crippen MR) is 77.1 cm³/mol. The molecule has 0 heterocycles. The molecule has 0 amide bonds. The molecular weight excluding hydrogens is 319 g/mol. The summed E-state index contributed by atoms with van der Waals surface area (Å²) < 4.78 is 59.4. The Morgan fingerprint density at radius 1 is 1.36 bits per heavy atom. The van der Waals surface area contributed by atoms with E-state index in [0.717, 1.165) is 19.2 Å². The average Bonchev–Trinajstić information content (AvgIpc) is 2.42. The Morgan fingerprint density at radius 2 is 1.95 bits per heavy atom. The van der Waals surface area contributed by atoms with E-state index in [1.54, 1.807) is 20.8 Å². The molecule has 1 aromatic carbocycles. The van der Waals surface area contributed by atoms with Crippen LogP contribution < -0.4 is 4.72 Å². The number of hydrogen-bond acceptors (Lipinski definition) is 4. The van der Waals surface area contributed by atoms with Crippen molar-refractivity contribution in [3.63, 3.8) is 0 Å². The van der Waals surface area contributed by atoms with Crippen LogP contribution in [-0.4, -0.2) is 28.3 Å². The highest BCUT2D eigenvalue weighted by molar-refractivity contribution is 7.90. The molecule has 0 fully saturated rings. The number of alkyl halides is 2. The summed E-state index contributed by atoms with van der Waals surface area (Å²) in [5.41, 5.74) is -0.201. The van der Waals surface area contributed by atoms with Gasteiger partial charge in [0.1, 0.15) is 10.6 Å². The maximum atomic E-state index is 14.3. The lowest BCUT2D eigenvalue weighted by Gasteiger charge is -2.31. The van der Waals surface area contributed by atoms with Crippen LogP contribution in [-0.2, 0) is 20.9 Å². The van der Waals surface area contributed by atoms with Gasteiger partial charge in [0.05, 0.1) is 7.11 Å². The molecule has 4 nitrogen and oxygen atoms in total. The monoisotopic (exact) mass is 337 g/mol. The first-order chi connectivity index (χ1) is 10.00. The van der Waals surface area contributed by atoms with E-state index in [4.69, 9.17) is 0 Å². The summed E-state index contributed by atoms with van der Waals surface area (Å²) >= 11 is -1.90. The zero-order chi connectivity index (χ0) is 17.1. The third kappa shape index (κ3) is 4.37. The van der Waals surface area contributed by atoms with Gasteiger partial charge in [0, 0.05) is 11.4 Å². The molecule has 0 unspecified atom stereocenters. The van der Waals surface area contributed by atoms with E-state index >= 15 is 0 Å². The lowest BCUT2D eigenvalue weighted by atomic mass is 10.0. The Morgan fingerprint density at radius 3 is 2.41 bits per heavy atom. The molecule has 0 saturated heterocycles. The molecule has 0 aromatic heterocycles. The highest BCUT2D eigenvalue weighted by Gasteiger charge is 2.52. The Labute approximate surface area is 130 Å². The molecule has 1 N–H and O–H groups in total. The summed E-state index contributed by atoms with van der Waals surface area (Å²) in [7, 11) is 0.819. The van der Waals surface area contributed by atoms with Crippen LogP contribution >= 0.6 is 0 Å². The number of nitrogens with one attached hydrogen (secondary N) is 1. The normalized spacial score (nSPS) is 15.3. The minimum atomic E-state index is -4.01. The number of rotatable bonds is 5. The van der Waals surface area contributed by atoms with Crippen LogP contribution in [0.25, 0.3) is 0 Å². The second kappa shape index (κ2) is 6.89. The topological polar surface area (TPSA) is 61.4 Å². The van der Waals surface area contributed by atoms with Crippen molar-refractivity contribution < 1.29 is 27.3 Å². The zero-order valence-electron chi connectivity index (χ0n) is 12.7. The van der Waals surface area contributed by atoms with Crippen LogP contribution in [0.3, 0.4) is 0 Å². The molecule has 0 aliphatic carbocycles. The van der Waals surface area contributed by atoms with Gasteiger partial charge in [0.25, 0.3) is 0 Å². The number of ether oxygens (including phenoxy) is 1. The van der Waals surface area contributed by atoms with Crippen LogP contribution in [0.15, 0.2) is 24.3 Å². The fourth-order valence-electron chi connectivity index (χ4n) is 1.58. The van der Waals surface area contributed by atoms with Crippen molar-refractivity contribution in [3.05, 3.63) is 35.6 Å².